The van der Waals surface area contributed by atoms with Crippen LogP contribution in [0, 0.1) is 13.8 Å². The Labute approximate surface area is 182 Å². The number of hydrogen-bond acceptors (Lipinski definition) is 4. The Kier molecular flexibility index (Phi) is 6.65. The van der Waals surface area contributed by atoms with Crippen LogP contribution in [-0.2, 0) is 11.2 Å². The van der Waals surface area contributed by atoms with Crippen molar-refractivity contribution in [1.82, 2.24) is 10.3 Å². The van der Waals surface area contributed by atoms with Gasteiger partial charge in [0.15, 0.2) is 5.13 Å². The number of nitrogens with zero attached hydrogens (tertiary/aromatic N) is 2. The maximum atomic E-state index is 12.1. The molecule has 0 saturated carbocycles. The monoisotopic (exact) mass is 423 g/mol. The number of benzene rings is 2. The van der Waals surface area contributed by atoms with Crippen molar-refractivity contribution in [3.8, 4) is 0 Å². The molecule has 158 valence electrons. The molecule has 2 aromatic carbocycles. The van der Waals surface area contributed by atoms with Gasteiger partial charge in [0.25, 0.3) is 0 Å². The second-order valence-corrected chi connectivity index (χ2v) is 9.18. The van der Waals surface area contributed by atoms with Gasteiger partial charge in [0.1, 0.15) is 0 Å². The molecule has 1 saturated heterocycles. The van der Waals surface area contributed by atoms with Gasteiger partial charge >= 0.3 is 0 Å². The number of piperazine rings is 1. The van der Waals surface area contributed by atoms with E-state index in [4.69, 9.17) is 4.98 Å². The van der Waals surface area contributed by atoms with Crippen molar-refractivity contribution in [3.05, 3.63) is 59.2 Å². The van der Waals surface area contributed by atoms with Gasteiger partial charge in [0.05, 0.1) is 49.5 Å². The van der Waals surface area contributed by atoms with E-state index < -0.39 is 0 Å². The van der Waals surface area contributed by atoms with E-state index in [2.05, 4.69) is 48.3 Å². The van der Waals surface area contributed by atoms with E-state index in [0.29, 0.717) is 6.42 Å². The number of anilines is 1. The van der Waals surface area contributed by atoms with Crippen LogP contribution < -0.4 is 15.1 Å². The molecule has 0 aliphatic carbocycles. The number of quaternary nitrogens is 1. The predicted molar refractivity (Wildman–Crippen MR) is 125 cm³/mol. The number of carbonyl (C=O) groups is 1. The summed E-state index contributed by atoms with van der Waals surface area (Å²) in [7, 11) is 0. The maximum Gasteiger partial charge on any atom is 0.220 e. The smallest absolute Gasteiger partial charge is 0.220 e. The molecule has 3 aromatic rings. The van der Waals surface area contributed by atoms with Gasteiger partial charge in [0, 0.05) is 6.42 Å². The number of aromatic nitrogens is 1. The number of rotatable bonds is 7. The molecule has 0 atom stereocenters. The van der Waals surface area contributed by atoms with Gasteiger partial charge in [-0.15, -0.1) is 0 Å². The molecule has 6 heteroatoms. The van der Waals surface area contributed by atoms with Gasteiger partial charge in [-0.3, -0.25) is 4.79 Å². The SMILES string of the molecule is Cc1ccc2sc(N3CC[NH+](CCNC(=O)CCc4ccccc4)CC3)nc2c1C. The lowest BCUT2D eigenvalue weighted by Gasteiger charge is -2.32. The van der Waals surface area contributed by atoms with Gasteiger partial charge in [-0.25, -0.2) is 4.98 Å². The van der Waals surface area contributed by atoms with Crippen molar-refractivity contribution in [1.29, 1.82) is 0 Å². The second kappa shape index (κ2) is 9.58. The molecule has 2 heterocycles. The molecule has 0 unspecified atom stereocenters. The largest absolute Gasteiger partial charge is 0.350 e. The Morgan fingerprint density at radius 1 is 1.13 bits per heavy atom. The van der Waals surface area contributed by atoms with Crippen LogP contribution >= 0.6 is 11.3 Å². The molecule has 4 rings (SSSR count). The highest BCUT2D eigenvalue weighted by Crippen LogP contribution is 2.31. The summed E-state index contributed by atoms with van der Waals surface area (Å²) < 4.78 is 1.28. The first-order valence-corrected chi connectivity index (χ1v) is 11.7. The molecule has 30 heavy (non-hydrogen) atoms. The van der Waals surface area contributed by atoms with Crippen molar-refractivity contribution in [2.24, 2.45) is 0 Å². The third kappa shape index (κ3) is 4.99. The minimum absolute atomic E-state index is 0.150. The quantitative estimate of drug-likeness (QED) is 0.613. The van der Waals surface area contributed by atoms with E-state index in [9.17, 15) is 4.79 Å². The number of nitrogens with one attached hydrogen (secondary N) is 2. The van der Waals surface area contributed by atoms with Gasteiger partial charge in [-0.1, -0.05) is 47.7 Å². The fraction of sp³-hybridized carbons (Fsp3) is 0.417. The molecular formula is C24H31N4OS+. The molecule has 1 aliphatic heterocycles. The zero-order valence-electron chi connectivity index (χ0n) is 17.9. The fourth-order valence-corrected chi connectivity index (χ4v) is 5.06. The zero-order chi connectivity index (χ0) is 20.9. The lowest BCUT2D eigenvalue weighted by atomic mass is 10.1. The molecule has 0 bridgehead atoms. The van der Waals surface area contributed by atoms with E-state index >= 15 is 0 Å². The molecule has 1 amide bonds. The first-order chi connectivity index (χ1) is 14.6. The molecule has 2 N–H and O–H groups in total. The van der Waals surface area contributed by atoms with E-state index in [0.717, 1.165) is 56.3 Å². The van der Waals surface area contributed by atoms with Crippen LogP contribution in [-0.4, -0.2) is 50.2 Å². The number of amides is 1. The average Bonchev–Trinajstić information content (AvgIpc) is 3.21. The molecule has 1 aliphatic rings. The highest BCUT2D eigenvalue weighted by atomic mass is 32.1. The minimum atomic E-state index is 0.150. The summed E-state index contributed by atoms with van der Waals surface area (Å²) in [4.78, 5) is 21.0. The number of hydrogen-bond donors (Lipinski definition) is 2. The molecular weight excluding hydrogens is 392 g/mol. The summed E-state index contributed by atoms with van der Waals surface area (Å²) in [6.45, 7) is 10.3. The van der Waals surface area contributed by atoms with E-state index in [-0.39, 0.29) is 5.91 Å². The van der Waals surface area contributed by atoms with Gasteiger partial charge < -0.3 is 15.1 Å². The van der Waals surface area contributed by atoms with Crippen LogP contribution in [0.1, 0.15) is 23.1 Å². The van der Waals surface area contributed by atoms with E-state index in [1.807, 2.05) is 18.2 Å². The van der Waals surface area contributed by atoms with E-state index in [1.165, 1.54) is 21.4 Å². The van der Waals surface area contributed by atoms with Crippen molar-refractivity contribution < 1.29 is 9.69 Å². The van der Waals surface area contributed by atoms with Crippen molar-refractivity contribution >= 4 is 32.6 Å². The van der Waals surface area contributed by atoms with Crippen molar-refractivity contribution in [2.45, 2.75) is 26.7 Å². The van der Waals surface area contributed by atoms with Gasteiger partial charge in [-0.05, 0) is 43.0 Å². The summed E-state index contributed by atoms with van der Waals surface area (Å²) in [5.74, 6) is 0.150. The lowest BCUT2D eigenvalue weighted by molar-refractivity contribution is -0.899. The van der Waals surface area contributed by atoms with Crippen LogP contribution in [0.4, 0.5) is 5.13 Å². The Morgan fingerprint density at radius 3 is 2.67 bits per heavy atom. The van der Waals surface area contributed by atoms with Crippen molar-refractivity contribution in [2.75, 3.05) is 44.2 Å². The Balaban J connectivity index is 1.19. The number of thiazole rings is 1. The van der Waals surface area contributed by atoms with Crippen LogP contribution in [0.3, 0.4) is 0 Å². The van der Waals surface area contributed by atoms with E-state index in [1.54, 1.807) is 16.2 Å². The highest BCUT2D eigenvalue weighted by molar-refractivity contribution is 7.22. The second-order valence-electron chi connectivity index (χ2n) is 8.17. The molecule has 5 nitrogen and oxygen atoms in total. The topological polar surface area (TPSA) is 49.7 Å². The Hall–Kier alpha value is -2.44. The minimum Gasteiger partial charge on any atom is -0.350 e. The summed E-state index contributed by atoms with van der Waals surface area (Å²) in [5.41, 5.74) is 4.97. The number of fused-ring (bicyclic) bond motifs is 1. The zero-order valence-corrected chi connectivity index (χ0v) is 18.7. The molecule has 1 fully saturated rings. The van der Waals surface area contributed by atoms with Crippen LogP contribution in [0.25, 0.3) is 10.2 Å². The van der Waals surface area contributed by atoms with Crippen LogP contribution in [0.2, 0.25) is 0 Å². The molecule has 1 aromatic heterocycles. The number of aryl methyl sites for hydroxylation is 3. The summed E-state index contributed by atoms with van der Waals surface area (Å²) in [6, 6.07) is 14.6. The Bertz CT molecular complexity index is 993. The summed E-state index contributed by atoms with van der Waals surface area (Å²) in [6.07, 6.45) is 1.36. The lowest BCUT2D eigenvalue weighted by Crippen LogP contribution is -3.15. The van der Waals surface area contributed by atoms with Gasteiger partial charge in [0.2, 0.25) is 5.91 Å². The molecule has 0 spiro atoms. The first-order valence-electron chi connectivity index (χ1n) is 10.9. The van der Waals surface area contributed by atoms with Crippen LogP contribution in [0.5, 0.6) is 0 Å². The highest BCUT2D eigenvalue weighted by Gasteiger charge is 2.22. The predicted octanol–water partition coefficient (Wildman–Crippen LogP) is 2.37. The molecule has 0 radical (unpaired) electrons. The average molecular weight is 424 g/mol. The normalized spacial score (nSPS) is 14.9. The third-order valence-corrected chi connectivity index (χ3v) is 7.18. The third-order valence-electron chi connectivity index (χ3n) is 6.10. The number of carbonyl (C=O) groups excluding carboxylic acids is 1. The fourth-order valence-electron chi connectivity index (χ4n) is 3.98. The van der Waals surface area contributed by atoms with Gasteiger partial charge in [-0.2, -0.15) is 0 Å². The maximum absolute atomic E-state index is 12.1. The van der Waals surface area contributed by atoms with Crippen molar-refractivity contribution in [3.63, 3.8) is 0 Å². The summed E-state index contributed by atoms with van der Waals surface area (Å²) in [5, 5.41) is 4.23. The standard InChI is InChI=1S/C24H30N4OS/c1-18-8-10-21-23(19(18)2)26-24(30-21)28-16-14-27(15-17-28)13-12-25-22(29)11-9-20-6-4-3-5-7-20/h3-8,10H,9,11-17H2,1-2H3,(H,25,29)/p+1. The summed E-state index contributed by atoms with van der Waals surface area (Å²) >= 11 is 1.80. The van der Waals surface area contributed by atoms with Crippen LogP contribution in [0.15, 0.2) is 42.5 Å². The first kappa shape index (κ1) is 20.8. The Morgan fingerprint density at radius 2 is 1.90 bits per heavy atom.